The summed E-state index contributed by atoms with van der Waals surface area (Å²) in [6, 6.07) is 3.87. The average Bonchev–Trinajstić information content (AvgIpc) is 3.25. The Kier molecular flexibility index (Phi) is 5.82. The molecule has 2 aromatic heterocycles. The van der Waals surface area contributed by atoms with Crippen LogP contribution in [0, 0.1) is 0 Å². The Bertz CT molecular complexity index is 727. The number of nitrogens with one attached hydrogen (secondary N) is 2. The van der Waals surface area contributed by atoms with E-state index in [9.17, 15) is 9.59 Å². The van der Waals surface area contributed by atoms with Crippen molar-refractivity contribution in [3.05, 3.63) is 28.6 Å². The first kappa shape index (κ1) is 18.0. The second kappa shape index (κ2) is 8.07. The summed E-state index contributed by atoms with van der Waals surface area (Å²) in [5, 5.41) is 10.7. The van der Waals surface area contributed by atoms with E-state index < -0.39 is 6.04 Å². The van der Waals surface area contributed by atoms with Crippen LogP contribution in [0.15, 0.2) is 22.9 Å². The smallest absolute Gasteiger partial charge is 0.237 e. The van der Waals surface area contributed by atoms with Gasteiger partial charge in [-0.25, -0.2) is 4.98 Å². The van der Waals surface area contributed by atoms with Crippen molar-refractivity contribution in [3.63, 3.8) is 0 Å². The Balaban J connectivity index is 1.54. The SMILES string of the molecule is CC(C)N1CCNC(=O)C1CC(=O)NCc1csc(-c2cccs2)n1. The minimum atomic E-state index is -0.397. The quantitative estimate of drug-likeness (QED) is 0.807. The van der Waals surface area contributed by atoms with Gasteiger partial charge in [0, 0.05) is 24.5 Å². The highest BCUT2D eigenvalue weighted by Crippen LogP contribution is 2.27. The van der Waals surface area contributed by atoms with Crippen molar-refractivity contribution in [2.45, 2.75) is 38.9 Å². The zero-order valence-electron chi connectivity index (χ0n) is 14.3. The number of hydrogen-bond acceptors (Lipinski definition) is 6. The maximum absolute atomic E-state index is 12.3. The van der Waals surface area contributed by atoms with E-state index >= 15 is 0 Å². The molecular formula is C17H22N4O2S2. The number of amides is 2. The van der Waals surface area contributed by atoms with Crippen LogP contribution in [0.5, 0.6) is 0 Å². The van der Waals surface area contributed by atoms with Crippen molar-refractivity contribution >= 4 is 34.5 Å². The van der Waals surface area contributed by atoms with E-state index in [1.807, 2.05) is 36.7 Å². The summed E-state index contributed by atoms with van der Waals surface area (Å²) in [5.74, 6) is -0.192. The van der Waals surface area contributed by atoms with Gasteiger partial charge in [0.15, 0.2) is 0 Å². The van der Waals surface area contributed by atoms with E-state index in [4.69, 9.17) is 0 Å². The van der Waals surface area contributed by atoms with Crippen LogP contribution in [-0.2, 0) is 16.1 Å². The van der Waals surface area contributed by atoms with E-state index in [0.29, 0.717) is 13.1 Å². The monoisotopic (exact) mass is 378 g/mol. The lowest BCUT2D eigenvalue weighted by atomic mass is 10.1. The fourth-order valence-electron chi connectivity index (χ4n) is 2.90. The normalized spacial score (nSPS) is 18.4. The minimum absolute atomic E-state index is 0.0660. The fourth-order valence-corrected chi connectivity index (χ4v) is 4.53. The summed E-state index contributed by atoms with van der Waals surface area (Å²) in [7, 11) is 0. The number of piperazine rings is 1. The summed E-state index contributed by atoms with van der Waals surface area (Å²) < 4.78 is 0. The molecule has 1 atom stereocenters. The summed E-state index contributed by atoms with van der Waals surface area (Å²) >= 11 is 3.23. The number of aromatic nitrogens is 1. The lowest BCUT2D eigenvalue weighted by Gasteiger charge is -2.37. The molecule has 25 heavy (non-hydrogen) atoms. The number of thiophene rings is 1. The van der Waals surface area contributed by atoms with Gasteiger partial charge in [-0.2, -0.15) is 0 Å². The second-order valence-corrected chi connectivity index (χ2v) is 8.05. The molecule has 0 saturated carbocycles. The molecule has 0 aromatic carbocycles. The van der Waals surface area contributed by atoms with Crippen molar-refractivity contribution in [1.29, 1.82) is 0 Å². The summed E-state index contributed by atoms with van der Waals surface area (Å²) in [6.07, 6.45) is 0.173. The summed E-state index contributed by atoms with van der Waals surface area (Å²) in [5.41, 5.74) is 0.843. The molecule has 3 rings (SSSR count). The Hall–Kier alpha value is -1.77. The number of hydrogen-bond donors (Lipinski definition) is 2. The third kappa shape index (κ3) is 4.45. The molecule has 6 nitrogen and oxygen atoms in total. The number of nitrogens with zero attached hydrogens (tertiary/aromatic N) is 2. The van der Waals surface area contributed by atoms with Gasteiger partial charge in [0.25, 0.3) is 0 Å². The molecule has 1 aliphatic heterocycles. The van der Waals surface area contributed by atoms with Crippen molar-refractivity contribution in [2.24, 2.45) is 0 Å². The number of rotatable bonds is 6. The number of carbonyl (C=O) groups is 2. The van der Waals surface area contributed by atoms with Crippen LogP contribution in [0.2, 0.25) is 0 Å². The van der Waals surface area contributed by atoms with Crippen molar-refractivity contribution in [1.82, 2.24) is 20.5 Å². The van der Waals surface area contributed by atoms with Gasteiger partial charge in [-0.05, 0) is 25.3 Å². The Morgan fingerprint density at radius 1 is 1.48 bits per heavy atom. The van der Waals surface area contributed by atoms with Gasteiger partial charge in [-0.1, -0.05) is 6.07 Å². The number of thiazole rings is 1. The topological polar surface area (TPSA) is 74.3 Å². The van der Waals surface area contributed by atoms with Crippen molar-refractivity contribution < 1.29 is 9.59 Å². The van der Waals surface area contributed by atoms with Gasteiger partial charge in [-0.15, -0.1) is 22.7 Å². The molecule has 2 amide bonds. The standard InChI is InChI=1S/C17H22N4O2S2/c1-11(2)21-6-5-18-16(23)13(21)8-15(22)19-9-12-10-25-17(20-12)14-4-3-7-24-14/h3-4,7,10-11,13H,5-6,8-9H2,1-2H3,(H,18,23)(H,19,22). The van der Waals surface area contributed by atoms with Gasteiger partial charge in [0.2, 0.25) is 11.8 Å². The summed E-state index contributed by atoms with van der Waals surface area (Å²) in [6.45, 7) is 5.89. The van der Waals surface area contributed by atoms with Crippen LogP contribution >= 0.6 is 22.7 Å². The molecule has 1 fully saturated rings. The van der Waals surface area contributed by atoms with Gasteiger partial charge in [0.1, 0.15) is 5.01 Å². The molecule has 0 bridgehead atoms. The average molecular weight is 379 g/mol. The Morgan fingerprint density at radius 2 is 2.32 bits per heavy atom. The summed E-state index contributed by atoms with van der Waals surface area (Å²) in [4.78, 5) is 32.2. The van der Waals surface area contributed by atoms with Gasteiger partial charge < -0.3 is 10.6 Å². The molecule has 0 radical (unpaired) electrons. The lowest BCUT2D eigenvalue weighted by Crippen LogP contribution is -2.58. The molecule has 8 heteroatoms. The van der Waals surface area contributed by atoms with Crippen LogP contribution in [0.1, 0.15) is 26.0 Å². The first-order valence-corrected chi connectivity index (χ1v) is 10.1. The van der Waals surface area contributed by atoms with E-state index in [-0.39, 0.29) is 24.3 Å². The van der Waals surface area contributed by atoms with Crippen LogP contribution in [0.25, 0.3) is 9.88 Å². The predicted octanol–water partition coefficient (Wildman–Crippen LogP) is 2.09. The molecule has 2 N–H and O–H groups in total. The molecule has 1 aliphatic rings. The van der Waals surface area contributed by atoms with E-state index in [1.54, 1.807) is 22.7 Å². The van der Waals surface area contributed by atoms with E-state index in [0.717, 1.165) is 22.1 Å². The maximum Gasteiger partial charge on any atom is 0.237 e. The Labute approximate surface area is 155 Å². The predicted molar refractivity (Wildman–Crippen MR) is 101 cm³/mol. The van der Waals surface area contributed by atoms with Gasteiger partial charge in [-0.3, -0.25) is 14.5 Å². The van der Waals surface area contributed by atoms with Crippen LogP contribution in [-0.4, -0.2) is 46.9 Å². The zero-order valence-corrected chi connectivity index (χ0v) is 16.0. The largest absolute Gasteiger partial charge is 0.353 e. The molecule has 0 aliphatic carbocycles. The van der Waals surface area contributed by atoms with Crippen LogP contribution in [0.3, 0.4) is 0 Å². The van der Waals surface area contributed by atoms with Crippen molar-refractivity contribution in [3.8, 4) is 9.88 Å². The van der Waals surface area contributed by atoms with Crippen LogP contribution < -0.4 is 10.6 Å². The maximum atomic E-state index is 12.3. The fraction of sp³-hybridized carbons (Fsp3) is 0.471. The van der Waals surface area contributed by atoms with E-state index in [2.05, 4.69) is 20.5 Å². The molecule has 3 heterocycles. The molecule has 0 spiro atoms. The lowest BCUT2D eigenvalue weighted by molar-refractivity contribution is -0.134. The third-order valence-corrected chi connectivity index (χ3v) is 6.09. The molecular weight excluding hydrogens is 356 g/mol. The molecule has 2 aromatic rings. The Morgan fingerprint density at radius 3 is 3.04 bits per heavy atom. The first-order chi connectivity index (χ1) is 12.0. The second-order valence-electron chi connectivity index (χ2n) is 6.24. The van der Waals surface area contributed by atoms with Gasteiger partial charge in [0.05, 0.1) is 29.6 Å². The van der Waals surface area contributed by atoms with Gasteiger partial charge >= 0.3 is 0 Å². The number of carbonyl (C=O) groups excluding carboxylic acids is 2. The highest BCUT2D eigenvalue weighted by molar-refractivity contribution is 7.20. The first-order valence-electron chi connectivity index (χ1n) is 8.33. The van der Waals surface area contributed by atoms with E-state index in [1.165, 1.54) is 0 Å². The van der Waals surface area contributed by atoms with Crippen LogP contribution in [0.4, 0.5) is 0 Å². The molecule has 134 valence electrons. The third-order valence-electron chi connectivity index (χ3n) is 4.16. The highest BCUT2D eigenvalue weighted by Gasteiger charge is 2.32. The zero-order chi connectivity index (χ0) is 17.8. The molecule has 1 unspecified atom stereocenters. The minimum Gasteiger partial charge on any atom is -0.353 e. The van der Waals surface area contributed by atoms with Crippen molar-refractivity contribution in [2.75, 3.05) is 13.1 Å². The highest BCUT2D eigenvalue weighted by atomic mass is 32.1. The molecule has 1 saturated heterocycles.